The molecule has 0 bridgehead atoms. The summed E-state index contributed by atoms with van der Waals surface area (Å²) in [6.07, 6.45) is 0.562. The molecule has 0 aromatic heterocycles. The Morgan fingerprint density at radius 3 is 2.20 bits per heavy atom. The van der Waals surface area contributed by atoms with E-state index >= 15 is 0 Å². The van der Waals surface area contributed by atoms with Crippen molar-refractivity contribution in [3.63, 3.8) is 0 Å². The van der Waals surface area contributed by atoms with Crippen LogP contribution in [-0.4, -0.2) is 30.7 Å². The van der Waals surface area contributed by atoms with E-state index in [1.165, 1.54) is 28.6 Å². The van der Waals surface area contributed by atoms with E-state index < -0.39 is 14.9 Å². The largest absolute Gasteiger partial charge is 0.330 e. The number of nitrogens with zero attached hydrogens (tertiary/aromatic N) is 2. The van der Waals surface area contributed by atoms with Gasteiger partial charge in [-0.1, -0.05) is 42.5 Å². The molecule has 0 saturated heterocycles. The minimum absolute atomic E-state index is 0.0644. The zero-order valence-electron chi connectivity index (χ0n) is 13.7. The van der Waals surface area contributed by atoms with Crippen molar-refractivity contribution in [2.75, 3.05) is 13.1 Å². The number of nitro benzene ring substituents is 1. The van der Waals surface area contributed by atoms with Crippen LogP contribution in [0.4, 0.5) is 5.69 Å². The number of rotatable bonds is 9. The molecule has 0 atom stereocenters. The summed E-state index contributed by atoms with van der Waals surface area (Å²) in [5.41, 5.74) is 6.87. The van der Waals surface area contributed by atoms with Crippen molar-refractivity contribution in [3.05, 3.63) is 75.8 Å². The maximum Gasteiger partial charge on any atom is 0.269 e. The molecular weight excluding hydrogens is 342 g/mol. The van der Waals surface area contributed by atoms with Gasteiger partial charge in [0.25, 0.3) is 5.69 Å². The fraction of sp³-hybridized carbons (Fsp3) is 0.294. The van der Waals surface area contributed by atoms with Crippen LogP contribution in [0.15, 0.2) is 54.6 Å². The summed E-state index contributed by atoms with van der Waals surface area (Å²) in [7, 11) is -3.57. The molecule has 2 rings (SSSR count). The molecule has 134 valence electrons. The van der Waals surface area contributed by atoms with Gasteiger partial charge in [-0.15, -0.1) is 0 Å². The van der Waals surface area contributed by atoms with Gasteiger partial charge >= 0.3 is 0 Å². The SMILES string of the molecule is NCCCN(Cc1ccccc1)S(=O)(=O)Cc1ccc([N+](=O)[O-])cc1. The van der Waals surface area contributed by atoms with Gasteiger partial charge in [-0.25, -0.2) is 8.42 Å². The lowest BCUT2D eigenvalue weighted by atomic mass is 10.2. The first-order valence-corrected chi connectivity index (χ1v) is 9.48. The molecule has 25 heavy (non-hydrogen) atoms. The summed E-state index contributed by atoms with van der Waals surface area (Å²) < 4.78 is 27.0. The Morgan fingerprint density at radius 1 is 1.00 bits per heavy atom. The lowest BCUT2D eigenvalue weighted by molar-refractivity contribution is -0.384. The van der Waals surface area contributed by atoms with E-state index in [-0.39, 0.29) is 18.0 Å². The third kappa shape index (κ3) is 5.63. The number of benzene rings is 2. The molecule has 0 spiro atoms. The first kappa shape index (κ1) is 19.0. The van der Waals surface area contributed by atoms with Crippen molar-refractivity contribution < 1.29 is 13.3 Å². The summed E-state index contributed by atoms with van der Waals surface area (Å²) in [5, 5.41) is 10.7. The number of nitrogens with two attached hydrogens (primary N) is 1. The predicted octanol–water partition coefficient (Wildman–Crippen LogP) is 2.28. The summed E-state index contributed by atoms with van der Waals surface area (Å²) >= 11 is 0. The number of nitro groups is 1. The zero-order valence-corrected chi connectivity index (χ0v) is 14.6. The standard InChI is InChI=1S/C17H21N3O4S/c18-11-4-12-19(13-15-5-2-1-3-6-15)25(23,24)14-16-7-9-17(10-8-16)20(21)22/h1-3,5-10H,4,11-14,18H2. The van der Waals surface area contributed by atoms with E-state index in [9.17, 15) is 18.5 Å². The van der Waals surface area contributed by atoms with Gasteiger partial charge in [-0.2, -0.15) is 4.31 Å². The minimum atomic E-state index is -3.57. The molecule has 0 aliphatic heterocycles. The molecule has 0 amide bonds. The van der Waals surface area contributed by atoms with Crippen molar-refractivity contribution in [2.45, 2.75) is 18.7 Å². The molecule has 0 unspecified atom stereocenters. The summed E-state index contributed by atoms with van der Waals surface area (Å²) in [6, 6.07) is 14.9. The van der Waals surface area contributed by atoms with E-state index in [2.05, 4.69) is 0 Å². The van der Waals surface area contributed by atoms with Crippen LogP contribution in [0.25, 0.3) is 0 Å². The lowest BCUT2D eigenvalue weighted by Crippen LogP contribution is -2.33. The molecule has 0 aliphatic carbocycles. The average molecular weight is 363 g/mol. The van der Waals surface area contributed by atoms with Gasteiger partial charge in [0.05, 0.1) is 10.7 Å². The molecule has 2 N–H and O–H groups in total. The lowest BCUT2D eigenvalue weighted by Gasteiger charge is -2.22. The summed E-state index contributed by atoms with van der Waals surface area (Å²) in [4.78, 5) is 10.2. The first-order valence-electron chi connectivity index (χ1n) is 7.87. The fourth-order valence-electron chi connectivity index (χ4n) is 2.39. The molecule has 7 nitrogen and oxygen atoms in total. The Hall–Kier alpha value is -2.29. The highest BCUT2D eigenvalue weighted by molar-refractivity contribution is 7.88. The Bertz CT molecular complexity index is 792. The third-order valence-electron chi connectivity index (χ3n) is 3.70. The topological polar surface area (TPSA) is 107 Å². The molecule has 0 radical (unpaired) electrons. The fourth-order valence-corrected chi connectivity index (χ4v) is 3.94. The van der Waals surface area contributed by atoms with Crippen LogP contribution in [-0.2, 0) is 22.3 Å². The highest BCUT2D eigenvalue weighted by atomic mass is 32.2. The second-order valence-corrected chi connectivity index (χ2v) is 7.61. The van der Waals surface area contributed by atoms with Gasteiger partial charge in [-0.3, -0.25) is 10.1 Å². The smallest absolute Gasteiger partial charge is 0.269 e. The van der Waals surface area contributed by atoms with Gasteiger partial charge < -0.3 is 5.73 Å². The zero-order chi connectivity index (χ0) is 18.3. The normalized spacial score (nSPS) is 11.6. The van der Waals surface area contributed by atoms with E-state index in [4.69, 9.17) is 5.73 Å². The molecule has 0 aliphatic rings. The highest BCUT2D eigenvalue weighted by Crippen LogP contribution is 2.18. The van der Waals surface area contributed by atoms with Crippen molar-refractivity contribution >= 4 is 15.7 Å². The Labute approximate surface area is 147 Å². The van der Waals surface area contributed by atoms with Crippen LogP contribution in [0.5, 0.6) is 0 Å². The van der Waals surface area contributed by atoms with E-state index in [1.54, 1.807) is 0 Å². The van der Waals surface area contributed by atoms with Gasteiger partial charge in [0.15, 0.2) is 0 Å². The van der Waals surface area contributed by atoms with Crippen LogP contribution >= 0.6 is 0 Å². The Kier molecular flexibility index (Phi) is 6.63. The van der Waals surface area contributed by atoms with E-state index in [0.717, 1.165) is 5.56 Å². The van der Waals surface area contributed by atoms with Gasteiger partial charge in [0.1, 0.15) is 0 Å². The number of non-ortho nitro benzene ring substituents is 1. The van der Waals surface area contributed by atoms with Crippen LogP contribution in [0.2, 0.25) is 0 Å². The molecule has 0 heterocycles. The number of hydrogen-bond donors (Lipinski definition) is 1. The molecule has 8 heteroatoms. The Morgan fingerprint density at radius 2 is 1.64 bits per heavy atom. The summed E-state index contributed by atoms with van der Waals surface area (Å²) in [5.74, 6) is -0.206. The number of hydrogen-bond acceptors (Lipinski definition) is 5. The van der Waals surface area contributed by atoms with Crippen LogP contribution < -0.4 is 5.73 Å². The van der Waals surface area contributed by atoms with Gasteiger partial charge in [0.2, 0.25) is 10.0 Å². The van der Waals surface area contributed by atoms with Gasteiger partial charge in [-0.05, 0) is 24.1 Å². The van der Waals surface area contributed by atoms with Crippen molar-refractivity contribution in [1.29, 1.82) is 0 Å². The van der Waals surface area contributed by atoms with Crippen molar-refractivity contribution in [3.8, 4) is 0 Å². The average Bonchev–Trinajstić information content (AvgIpc) is 2.59. The number of sulfonamides is 1. The van der Waals surface area contributed by atoms with Crippen LogP contribution in [0.3, 0.4) is 0 Å². The second-order valence-electron chi connectivity index (χ2n) is 5.64. The molecule has 0 saturated carbocycles. The highest BCUT2D eigenvalue weighted by Gasteiger charge is 2.22. The van der Waals surface area contributed by atoms with Crippen molar-refractivity contribution in [2.24, 2.45) is 5.73 Å². The summed E-state index contributed by atoms with van der Waals surface area (Å²) in [6.45, 7) is 1.01. The molecule has 2 aromatic rings. The third-order valence-corrected chi connectivity index (χ3v) is 5.50. The maximum atomic E-state index is 12.8. The molecular formula is C17H21N3O4S. The van der Waals surface area contributed by atoms with Crippen LogP contribution in [0.1, 0.15) is 17.5 Å². The quantitative estimate of drug-likeness (QED) is 0.543. The van der Waals surface area contributed by atoms with Crippen molar-refractivity contribution in [1.82, 2.24) is 4.31 Å². The monoisotopic (exact) mass is 363 g/mol. The Balaban J connectivity index is 2.17. The van der Waals surface area contributed by atoms with E-state index in [1.807, 2.05) is 30.3 Å². The first-order chi connectivity index (χ1) is 11.9. The van der Waals surface area contributed by atoms with Gasteiger partial charge in [0, 0.05) is 25.2 Å². The minimum Gasteiger partial charge on any atom is -0.330 e. The second kappa shape index (κ2) is 8.70. The predicted molar refractivity (Wildman–Crippen MR) is 96.2 cm³/mol. The maximum absolute atomic E-state index is 12.8. The van der Waals surface area contributed by atoms with E-state index in [0.29, 0.717) is 25.1 Å². The molecule has 2 aromatic carbocycles. The van der Waals surface area contributed by atoms with Crippen LogP contribution in [0, 0.1) is 10.1 Å². The molecule has 0 fully saturated rings.